The van der Waals surface area contributed by atoms with Crippen LogP contribution in [0.5, 0.6) is 5.75 Å². The minimum absolute atomic E-state index is 0.0742. The van der Waals surface area contributed by atoms with Gasteiger partial charge in [0.05, 0.1) is 23.2 Å². The maximum atomic E-state index is 12.8. The number of ether oxygens (including phenoxy) is 1. The second-order valence-electron chi connectivity index (χ2n) is 5.44. The topological polar surface area (TPSA) is 52.3 Å². The average molecular weight is 301 g/mol. The second kappa shape index (κ2) is 5.62. The molecule has 0 aliphatic heterocycles. The summed E-state index contributed by atoms with van der Waals surface area (Å²) >= 11 is 0. The molecule has 4 heteroatoms. The van der Waals surface area contributed by atoms with Gasteiger partial charge in [-0.25, -0.2) is 0 Å². The van der Waals surface area contributed by atoms with Gasteiger partial charge in [-0.2, -0.15) is 0 Å². The van der Waals surface area contributed by atoms with Crippen molar-refractivity contribution in [1.29, 1.82) is 0 Å². The first kappa shape index (κ1) is 14.3. The largest absolute Gasteiger partial charge is 0.497 e. The second-order valence-corrected chi connectivity index (χ2v) is 7.12. The molecule has 0 bridgehead atoms. The summed E-state index contributed by atoms with van der Waals surface area (Å²) in [7, 11) is 0.545. The Bertz CT molecular complexity index is 682. The summed E-state index contributed by atoms with van der Waals surface area (Å²) in [6.07, 6.45) is 0.751. The summed E-state index contributed by atoms with van der Waals surface area (Å²) in [5.41, 5.74) is 9.73. The number of hydrogen-bond acceptors (Lipinski definition) is 3. The molecule has 110 valence electrons. The van der Waals surface area contributed by atoms with Gasteiger partial charge in [0.15, 0.2) is 0 Å². The molecule has 2 aromatic carbocycles. The van der Waals surface area contributed by atoms with Crippen molar-refractivity contribution in [3.05, 3.63) is 59.2 Å². The number of methoxy groups -OCH3 is 1. The fourth-order valence-corrected chi connectivity index (χ4v) is 4.29. The van der Waals surface area contributed by atoms with Crippen LogP contribution < -0.4 is 10.5 Å². The minimum Gasteiger partial charge on any atom is -0.497 e. The van der Waals surface area contributed by atoms with Gasteiger partial charge in [-0.15, -0.1) is 0 Å². The molecule has 0 heterocycles. The molecule has 2 aromatic rings. The summed E-state index contributed by atoms with van der Waals surface area (Å²) in [5.74, 6) is 0.797. The first-order valence-electron chi connectivity index (χ1n) is 7.00. The van der Waals surface area contributed by atoms with Crippen LogP contribution in [0.2, 0.25) is 0 Å². The molecular weight excluding hydrogens is 282 g/mol. The van der Waals surface area contributed by atoms with Crippen LogP contribution in [0.4, 0.5) is 0 Å². The van der Waals surface area contributed by atoms with Crippen LogP contribution in [0.1, 0.15) is 22.7 Å². The highest BCUT2D eigenvalue weighted by atomic mass is 32.2. The summed E-state index contributed by atoms with van der Waals surface area (Å²) in [6.45, 7) is 2.02. The number of nitrogens with two attached hydrogens (primary N) is 1. The van der Waals surface area contributed by atoms with E-state index in [0.29, 0.717) is 0 Å². The Hall–Kier alpha value is -1.65. The number of benzene rings is 2. The molecule has 0 spiro atoms. The molecule has 0 saturated carbocycles. The summed E-state index contributed by atoms with van der Waals surface area (Å²) in [6, 6.07) is 13.6. The molecule has 1 aliphatic carbocycles. The van der Waals surface area contributed by atoms with Crippen LogP contribution in [0.15, 0.2) is 47.4 Å². The van der Waals surface area contributed by atoms with Crippen LogP contribution in [0.3, 0.4) is 0 Å². The molecule has 0 amide bonds. The zero-order valence-corrected chi connectivity index (χ0v) is 13.0. The predicted octanol–water partition coefficient (Wildman–Crippen LogP) is 2.74. The lowest BCUT2D eigenvalue weighted by Crippen LogP contribution is -2.26. The summed E-state index contributed by atoms with van der Waals surface area (Å²) < 4.78 is 18.0. The van der Waals surface area contributed by atoms with Gasteiger partial charge in [0.1, 0.15) is 5.75 Å². The minimum atomic E-state index is -1.10. The van der Waals surface area contributed by atoms with E-state index in [1.165, 1.54) is 11.1 Å². The van der Waals surface area contributed by atoms with Crippen LogP contribution in [0, 0.1) is 6.92 Å². The molecule has 0 aromatic heterocycles. The normalized spacial score (nSPS) is 21.9. The highest BCUT2D eigenvalue weighted by molar-refractivity contribution is 7.85. The van der Waals surface area contributed by atoms with Crippen LogP contribution in [0.25, 0.3) is 0 Å². The fourth-order valence-electron chi connectivity index (χ4n) is 2.80. The van der Waals surface area contributed by atoms with E-state index in [2.05, 4.69) is 0 Å². The van der Waals surface area contributed by atoms with Crippen LogP contribution >= 0.6 is 0 Å². The molecule has 3 rings (SSSR count). The molecule has 2 N–H and O–H groups in total. The van der Waals surface area contributed by atoms with Gasteiger partial charge >= 0.3 is 0 Å². The Morgan fingerprint density at radius 3 is 2.57 bits per heavy atom. The van der Waals surface area contributed by atoms with Gasteiger partial charge in [-0.3, -0.25) is 4.21 Å². The van der Waals surface area contributed by atoms with Crippen molar-refractivity contribution in [1.82, 2.24) is 0 Å². The third kappa shape index (κ3) is 2.61. The quantitative estimate of drug-likeness (QED) is 0.948. The van der Waals surface area contributed by atoms with E-state index in [4.69, 9.17) is 10.5 Å². The van der Waals surface area contributed by atoms with Crippen molar-refractivity contribution in [2.45, 2.75) is 29.5 Å². The standard InChI is InChI=1S/C17H19NO2S/c1-11-3-7-14(8-4-11)21(19)16-9-12-5-6-13(20-2)10-15(12)17(16)18/h3-8,10,16-17H,9,18H2,1-2H3. The van der Waals surface area contributed by atoms with Crippen molar-refractivity contribution in [2.24, 2.45) is 5.73 Å². The van der Waals surface area contributed by atoms with Crippen molar-refractivity contribution < 1.29 is 8.95 Å². The third-order valence-electron chi connectivity index (χ3n) is 4.06. The van der Waals surface area contributed by atoms with Crippen molar-refractivity contribution in [3.63, 3.8) is 0 Å². The van der Waals surface area contributed by atoms with E-state index in [1.807, 2.05) is 49.4 Å². The lowest BCUT2D eigenvalue weighted by atomic mass is 10.1. The Morgan fingerprint density at radius 2 is 1.90 bits per heavy atom. The third-order valence-corrected chi connectivity index (χ3v) is 5.81. The number of hydrogen-bond donors (Lipinski definition) is 1. The van der Waals surface area contributed by atoms with Crippen molar-refractivity contribution >= 4 is 10.8 Å². The Labute approximate surface area is 127 Å². The first-order valence-corrected chi connectivity index (χ1v) is 8.21. The van der Waals surface area contributed by atoms with E-state index in [-0.39, 0.29) is 11.3 Å². The molecule has 0 saturated heterocycles. The smallest absolute Gasteiger partial charge is 0.119 e. The molecule has 3 atom stereocenters. The maximum absolute atomic E-state index is 12.8. The molecule has 0 fully saturated rings. The number of rotatable bonds is 3. The fraction of sp³-hybridized carbons (Fsp3) is 0.294. The Balaban J connectivity index is 1.88. The van der Waals surface area contributed by atoms with Crippen LogP contribution in [-0.4, -0.2) is 16.6 Å². The number of aryl methyl sites for hydroxylation is 1. The molecule has 3 unspecified atom stereocenters. The predicted molar refractivity (Wildman–Crippen MR) is 85.0 cm³/mol. The Morgan fingerprint density at radius 1 is 1.19 bits per heavy atom. The van der Waals surface area contributed by atoms with E-state index in [1.54, 1.807) is 7.11 Å². The molecule has 0 radical (unpaired) electrons. The van der Waals surface area contributed by atoms with Gasteiger partial charge in [0, 0.05) is 10.9 Å². The highest BCUT2D eigenvalue weighted by Crippen LogP contribution is 2.36. The lowest BCUT2D eigenvalue weighted by Gasteiger charge is -2.16. The number of fused-ring (bicyclic) bond motifs is 1. The van der Waals surface area contributed by atoms with Gasteiger partial charge in [-0.1, -0.05) is 23.8 Å². The van der Waals surface area contributed by atoms with E-state index >= 15 is 0 Å². The average Bonchev–Trinajstić information content (AvgIpc) is 2.84. The zero-order valence-electron chi connectivity index (χ0n) is 12.2. The summed E-state index contributed by atoms with van der Waals surface area (Å²) in [4.78, 5) is 0.848. The zero-order chi connectivity index (χ0) is 15.0. The SMILES string of the molecule is COc1ccc2c(c1)C(N)C(S(=O)c1ccc(C)cc1)C2. The Kier molecular flexibility index (Phi) is 3.83. The first-order chi connectivity index (χ1) is 10.1. The maximum Gasteiger partial charge on any atom is 0.119 e. The van der Waals surface area contributed by atoms with Gasteiger partial charge in [0.2, 0.25) is 0 Å². The molecule has 1 aliphatic rings. The van der Waals surface area contributed by atoms with Crippen molar-refractivity contribution in [3.8, 4) is 5.75 Å². The summed E-state index contributed by atoms with van der Waals surface area (Å²) in [5, 5.41) is -0.0742. The highest BCUT2D eigenvalue weighted by Gasteiger charge is 2.34. The van der Waals surface area contributed by atoms with E-state index in [9.17, 15) is 4.21 Å². The molecular formula is C17H19NO2S. The lowest BCUT2D eigenvalue weighted by molar-refractivity contribution is 0.414. The van der Waals surface area contributed by atoms with Crippen LogP contribution in [-0.2, 0) is 17.2 Å². The van der Waals surface area contributed by atoms with E-state index < -0.39 is 10.8 Å². The van der Waals surface area contributed by atoms with E-state index in [0.717, 1.165) is 22.6 Å². The van der Waals surface area contributed by atoms with Crippen molar-refractivity contribution in [2.75, 3.05) is 7.11 Å². The van der Waals surface area contributed by atoms with Gasteiger partial charge in [0.25, 0.3) is 0 Å². The monoisotopic (exact) mass is 301 g/mol. The molecule has 21 heavy (non-hydrogen) atoms. The molecule has 3 nitrogen and oxygen atoms in total. The van der Waals surface area contributed by atoms with Gasteiger partial charge in [-0.05, 0) is 48.7 Å². The van der Waals surface area contributed by atoms with Gasteiger partial charge < -0.3 is 10.5 Å².